The number of alkyl halides is 6. The van der Waals surface area contributed by atoms with Crippen LogP contribution in [0, 0.1) is 11.6 Å². The van der Waals surface area contributed by atoms with Crippen molar-refractivity contribution < 1.29 is 49.4 Å². The first-order chi connectivity index (χ1) is 33.0. The Morgan fingerprint density at radius 1 is 0.609 bits per heavy atom. The van der Waals surface area contributed by atoms with Gasteiger partial charge in [0.25, 0.3) is 0 Å². The van der Waals surface area contributed by atoms with Gasteiger partial charge in [-0.05, 0) is 65.4 Å². The Balaban J connectivity index is 0.000000188. The summed E-state index contributed by atoms with van der Waals surface area (Å²) in [7, 11) is 3.35. The van der Waals surface area contributed by atoms with Gasteiger partial charge in [-0.15, -0.1) is 0 Å². The van der Waals surface area contributed by atoms with Crippen LogP contribution < -0.4 is 25.6 Å². The maximum absolute atomic E-state index is 14.2. The third-order valence-electron chi connectivity index (χ3n) is 10.3. The lowest BCUT2D eigenvalue weighted by Gasteiger charge is -2.28. The molecule has 2 aliphatic rings. The van der Waals surface area contributed by atoms with E-state index in [4.69, 9.17) is 15.3 Å². The number of aromatic nitrogens is 6. The second kappa shape index (κ2) is 23.7. The average Bonchev–Trinajstić information content (AvgIpc) is 3.35. The van der Waals surface area contributed by atoms with E-state index in [0.29, 0.717) is 106 Å². The molecule has 0 radical (unpaired) electrons. The van der Waals surface area contributed by atoms with Gasteiger partial charge in [0.1, 0.15) is 5.69 Å². The Kier molecular flexibility index (Phi) is 17.6. The largest absolute Gasteiger partial charge is 0.416 e. The molecule has 2 N–H and O–H groups in total. The SMILES string of the molecule is CN(/C=C/c1ccc(Cc2cccc(C(F)(F)F)c2)cn1)c1ncc(F)c(N2CCOCC2)n1.CN(N)c1ncc(F)c(N2CCOCC2)n1.O=Cc1ccc(Cc2cccc(C(F)(F)F)c2)cn1. The smallest absolute Gasteiger partial charge is 0.378 e. The highest BCUT2D eigenvalue weighted by Gasteiger charge is 2.31. The molecule has 0 aliphatic carbocycles. The zero-order valence-electron chi connectivity index (χ0n) is 37.3. The minimum Gasteiger partial charge on any atom is -0.378 e. The summed E-state index contributed by atoms with van der Waals surface area (Å²) >= 11 is 0. The minimum absolute atomic E-state index is 0.241. The van der Waals surface area contributed by atoms with E-state index >= 15 is 0 Å². The van der Waals surface area contributed by atoms with Gasteiger partial charge in [-0.3, -0.25) is 19.8 Å². The Bertz CT molecular complexity index is 2630. The number of hydrogen-bond donors (Lipinski definition) is 1. The summed E-state index contributed by atoms with van der Waals surface area (Å²) in [5.74, 6) is 5.73. The van der Waals surface area contributed by atoms with Crippen molar-refractivity contribution in [3.8, 4) is 0 Å². The van der Waals surface area contributed by atoms with Gasteiger partial charge < -0.3 is 24.2 Å². The Morgan fingerprint density at radius 2 is 1.06 bits per heavy atom. The normalized spacial score (nSPS) is 14.1. The standard InChI is InChI=1S/C24H23F4N5O.C14H10F3NO.C9H14FN5O/c1-32(23-30-16-21(25)22(31-23)33-9-11-34-12-10-33)8-7-20-6-5-18(15-29-20)13-17-3-2-4-19(14-17)24(26,27)28;15-14(16,17)12-3-1-2-10(7-12)6-11-4-5-13(9-19)18-8-11;1-14(11)9-12-6-7(10)8(13-9)15-2-4-16-5-3-15/h2-8,14-16H,9-13H2,1H3;1-5,7-9H,6H2;6H,2-5,11H2,1H3/b8-7+;;. The van der Waals surface area contributed by atoms with E-state index in [1.807, 2.05) is 15.9 Å². The van der Waals surface area contributed by atoms with Gasteiger partial charge in [-0.2, -0.15) is 36.3 Å². The lowest BCUT2D eigenvalue weighted by Crippen LogP contribution is -2.38. The number of carbonyl (C=O) groups excluding carboxylic acids is 1. The van der Waals surface area contributed by atoms with Crippen molar-refractivity contribution in [3.63, 3.8) is 0 Å². The molecule has 69 heavy (non-hydrogen) atoms. The van der Waals surface area contributed by atoms with E-state index in [-0.39, 0.29) is 11.6 Å². The van der Waals surface area contributed by atoms with Crippen molar-refractivity contribution in [3.05, 3.63) is 160 Å². The van der Waals surface area contributed by atoms with Crippen molar-refractivity contribution in [2.45, 2.75) is 25.2 Å². The van der Waals surface area contributed by atoms with Crippen LogP contribution in [0.5, 0.6) is 0 Å². The molecule has 364 valence electrons. The first-order valence-electron chi connectivity index (χ1n) is 21.2. The van der Waals surface area contributed by atoms with Crippen LogP contribution >= 0.6 is 0 Å². The van der Waals surface area contributed by atoms with E-state index in [1.165, 1.54) is 29.4 Å². The molecule has 4 aromatic heterocycles. The predicted octanol–water partition coefficient (Wildman–Crippen LogP) is 7.83. The summed E-state index contributed by atoms with van der Waals surface area (Å²) in [5.41, 5.74) is 2.28. The highest BCUT2D eigenvalue weighted by molar-refractivity contribution is 5.71. The van der Waals surface area contributed by atoms with Crippen LogP contribution in [0.2, 0.25) is 0 Å². The third-order valence-corrected chi connectivity index (χ3v) is 10.3. The number of nitrogens with zero attached hydrogens (tertiary/aromatic N) is 10. The second-order valence-electron chi connectivity index (χ2n) is 15.5. The maximum atomic E-state index is 14.2. The van der Waals surface area contributed by atoms with Crippen molar-refractivity contribution in [1.82, 2.24) is 29.9 Å². The van der Waals surface area contributed by atoms with E-state index in [1.54, 1.807) is 61.7 Å². The molecular formula is C47H47F8N11O3. The second-order valence-corrected chi connectivity index (χ2v) is 15.5. The molecule has 0 saturated carbocycles. The van der Waals surface area contributed by atoms with E-state index < -0.39 is 35.1 Å². The number of hydrogen-bond acceptors (Lipinski definition) is 14. The molecule has 22 heteroatoms. The molecule has 0 unspecified atom stereocenters. The first kappa shape index (κ1) is 51.2. The van der Waals surface area contributed by atoms with Gasteiger partial charge in [-0.1, -0.05) is 48.5 Å². The zero-order chi connectivity index (χ0) is 49.6. The Morgan fingerprint density at radius 3 is 1.48 bits per heavy atom. The number of benzene rings is 2. The van der Waals surface area contributed by atoms with Crippen LogP contribution in [0.4, 0.5) is 58.7 Å². The van der Waals surface area contributed by atoms with Crippen molar-refractivity contribution in [1.29, 1.82) is 0 Å². The highest BCUT2D eigenvalue weighted by atomic mass is 19.4. The molecule has 0 spiro atoms. The lowest BCUT2D eigenvalue weighted by molar-refractivity contribution is -0.138. The molecule has 2 aliphatic heterocycles. The van der Waals surface area contributed by atoms with Crippen LogP contribution in [0.1, 0.15) is 49.6 Å². The molecule has 14 nitrogen and oxygen atoms in total. The topological polar surface area (TPSA) is 152 Å². The van der Waals surface area contributed by atoms with Crippen LogP contribution in [0.3, 0.4) is 0 Å². The Labute approximate surface area is 392 Å². The molecule has 0 amide bonds. The number of ether oxygens (including phenoxy) is 2. The fraction of sp³-hybridized carbons (Fsp3) is 0.298. The first-order valence-corrected chi connectivity index (χ1v) is 21.2. The average molecular weight is 966 g/mol. The number of nitrogens with two attached hydrogens (primary N) is 1. The molecule has 0 bridgehead atoms. The predicted molar refractivity (Wildman–Crippen MR) is 242 cm³/mol. The van der Waals surface area contributed by atoms with Gasteiger partial charge >= 0.3 is 12.4 Å². The molecule has 6 aromatic rings. The van der Waals surface area contributed by atoms with E-state index in [9.17, 15) is 39.9 Å². The number of anilines is 4. The van der Waals surface area contributed by atoms with Crippen molar-refractivity contribution >= 4 is 35.9 Å². The lowest BCUT2D eigenvalue weighted by atomic mass is 10.0. The fourth-order valence-corrected chi connectivity index (χ4v) is 6.72. The fourth-order valence-electron chi connectivity index (χ4n) is 6.72. The number of morpholine rings is 2. The quantitative estimate of drug-likeness (QED) is 0.0581. The van der Waals surface area contributed by atoms with Crippen molar-refractivity contribution in [2.24, 2.45) is 5.84 Å². The summed E-state index contributed by atoms with van der Waals surface area (Å²) in [6.07, 6.45) is 1.46. The van der Waals surface area contributed by atoms with Crippen LogP contribution in [0.25, 0.3) is 6.08 Å². The minimum atomic E-state index is -4.37. The molecule has 8 rings (SSSR count). The highest BCUT2D eigenvalue weighted by Crippen LogP contribution is 2.31. The van der Waals surface area contributed by atoms with Gasteiger partial charge in [0.2, 0.25) is 11.9 Å². The number of pyridine rings is 2. The summed E-state index contributed by atoms with van der Waals surface area (Å²) in [5, 5.41) is 1.25. The zero-order valence-corrected chi connectivity index (χ0v) is 37.3. The van der Waals surface area contributed by atoms with E-state index in [0.717, 1.165) is 47.8 Å². The number of halogens is 8. The van der Waals surface area contributed by atoms with Crippen molar-refractivity contribution in [2.75, 3.05) is 86.4 Å². The van der Waals surface area contributed by atoms with Gasteiger partial charge in [0.05, 0.1) is 55.6 Å². The molecule has 6 heterocycles. The van der Waals surface area contributed by atoms with Gasteiger partial charge in [-0.25, -0.2) is 24.6 Å². The van der Waals surface area contributed by atoms with Crippen LogP contribution in [-0.2, 0) is 34.7 Å². The van der Waals surface area contributed by atoms with Crippen LogP contribution in [-0.4, -0.2) is 103 Å². The molecule has 0 atom stereocenters. The number of aldehydes is 1. The Hall–Kier alpha value is -7.17. The maximum Gasteiger partial charge on any atom is 0.416 e. The summed E-state index contributed by atoms with van der Waals surface area (Å²) in [6.45, 7) is 4.57. The number of hydrazine groups is 1. The summed E-state index contributed by atoms with van der Waals surface area (Å²) < 4.78 is 115. The number of carbonyl (C=O) groups is 1. The molecule has 2 saturated heterocycles. The summed E-state index contributed by atoms with van der Waals surface area (Å²) in [6, 6.07) is 17.2. The number of rotatable bonds is 11. The summed E-state index contributed by atoms with van der Waals surface area (Å²) in [4.78, 5) is 40.3. The third kappa shape index (κ3) is 15.2. The molecular weight excluding hydrogens is 919 g/mol. The van der Waals surface area contributed by atoms with Gasteiger partial charge in [0.15, 0.2) is 29.6 Å². The monoisotopic (exact) mass is 965 g/mol. The molecule has 2 aromatic carbocycles. The van der Waals surface area contributed by atoms with Crippen LogP contribution in [0.15, 0.2) is 104 Å². The van der Waals surface area contributed by atoms with E-state index in [2.05, 4.69) is 29.9 Å². The van der Waals surface area contributed by atoms with Gasteiger partial charge in [0, 0.05) is 58.9 Å². The molecule has 2 fully saturated rings.